The number of hydrogen-bond acceptors (Lipinski definition) is 2. The molecule has 1 aliphatic carbocycles. The molecule has 0 amide bonds. The predicted octanol–water partition coefficient (Wildman–Crippen LogP) is 4.51. The van der Waals surface area contributed by atoms with Gasteiger partial charge in [-0.25, -0.2) is 4.79 Å². The van der Waals surface area contributed by atoms with Gasteiger partial charge in [-0.3, -0.25) is 0 Å². The van der Waals surface area contributed by atoms with Crippen LogP contribution in [-0.2, 0) is 4.79 Å². The Labute approximate surface area is 112 Å². The molecule has 2 nitrogen and oxygen atoms in total. The number of isocyanates is 1. The number of hydrogen-bond donors (Lipinski definition) is 0. The van der Waals surface area contributed by atoms with E-state index in [9.17, 15) is 4.79 Å². The molecule has 0 saturated carbocycles. The summed E-state index contributed by atoms with van der Waals surface area (Å²) in [5.41, 5.74) is 1.23. The number of nitrogens with zero attached hydrogens (tertiary/aromatic N) is 1. The average Bonchev–Trinajstić information content (AvgIpc) is 2.26. The second-order valence-electron chi connectivity index (χ2n) is 6.78. The highest BCUT2D eigenvalue weighted by atomic mass is 16.1. The van der Waals surface area contributed by atoms with E-state index in [1.54, 1.807) is 6.08 Å². The van der Waals surface area contributed by atoms with Gasteiger partial charge in [-0.05, 0) is 49.5 Å². The molecule has 0 aliphatic heterocycles. The summed E-state index contributed by atoms with van der Waals surface area (Å²) in [5, 5.41) is 0. The molecule has 1 aliphatic rings. The highest BCUT2D eigenvalue weighted by Gasteiger charge is 2.39. The third kappa shape index (κ3) is 3.11. The molecule has 0 N–H and O–H groups in total. The molecule has 0 spiro atoms. The predicted molar refractivity (Wildman–Crippen MR) is 76.2 cm³/mol. The first-order valence-corrected chi connectivity index (χ1v) is 7.05. The van der Waals surface area contributed by atoms with Crippen molar-refractivity contribution < 1.29 is 4.79 Å². The molecule has 0 aromatic heterocycles. The fraction of sp³-hybridized carbons (Fsp3) is 0.812. The second-order valence-corrected chi connectivity index (χ2v) is 6.78. The lowest BCUT2D eigenvalue weighted by Crippen LogP contribution is -2.35. The summed E-state index contributed by atoms with van der Waals surface area (Å²) in [6.45, 7) is 13.3. The molecule has 1 unspecified atom stereocenters. The van der Waals surface area contributed by atoms with E-state index in [1.807, 2.05) is 13.8 Å². The van der Waals surface area contributed by atoms with Crippen LogP contribution < -0.4 is 0 Å². The zero-order valence-electron chi connectivity index (χ0n) is 12.7. The standard InChI is InChI=1S/C16H27NO/c1-7-13(3)16(6)9-12(2)8-14(10-16)15(4,5)17-11-18/h8,12-13H,7,9-10H2,1-6H3/t12-,13-,16?/m1/s1. The average molecular weight is 249 g/mol. The van der Waals surface area contributed by atoms with Gasteiger partial charge in [0.1, 0.15) is 0 Å². The van der Waals surface area contributed by atoms with E-state index in [2.05, 4.69) is 38.8 Å². The fourth-order valence-corrected chi connectivity index (χ4v) is 3.18. The summed E-state index contributed by atoms with van der Waals surface area (Å²) in [6, 6.07) is 0. The molecule has 0 fully saturated rings. The van der Waals surface area contributed by atoms with E-state index in [0.29, 0.717) is 17.3 Å². The molecule has 18 heavy (non-hydrogen) atoms. The summed E-state index contributed by atoms with van der Waals surface area (Å²) in [5.74, 6) is 1.26. The van der Waals surface area contributed by atoms with Crippen LogP contribution in [0.1, 0.15) is 60.8 Å². The molecule has 3 atom stereocenters. The van der Waals surface area contributed by atoms with Gasteiger partial charge in [-0.15, -0.1) is 0 Å². The molecule has 0 heterocycles. The van der Waals surface area contributed by atoms with Crippen molar-refractivity contribution in [3.05, 3.63) is 11.6 Å². The first kappa shape index (κ1) is 15.2. The molecule has 0 saturated heterocycles. The summed E-state index contributed by atoms with van der Waals surface area (Å²) in [4.78, 5) is 14.6. The molecule has 1 rings (SSSR count). The number of carbonyl (C=O) groups excluding carboxylic acids is 1. The SMILES string of the molecule is CC[C@@H](C)C1(C)CC(C(C)(C)N=C=O)=C[C@@H](C)C1. The molecule has 0 radical (unpaired) electrons. The van der Waals surface area contributed by atoms with Crippen LogP contribution in [-0.4, -0.2) is 11.6 Å². The Bertz CT molecular complexity index is 377. The van der Waals surface area contributed by atoms with Crippen LogP contribution in [0.5, 0.6) is 0 Å². The third-order valence-electron chi connectivity index (χ3n) is 4.78. The van der Waals surface area contributed by atoms with Crippen LogP contribution in [0.25, 0.3) is 0 Å². The van der Waals surface area contributed by atoms with Crippen molar-refractivity contribution in [2.45, 2.75) is 66.3 Å². The van der Waals surface area contributed by atoms with E-state index in [4.69, 9.17) is 0 Å². The van der Waals surface area contributed by atoms with Crippen molar-refractivity contribution in [3.63, 3.8) is 0 Å². The lowest BCUT2D eigenvalue weighted by Gasteiger charge is -2.43. The van der Waals surface area contributed by atoms with Gasteiger partial charge in [0, 0.05) is 0 Å². The number of allylic oxidation sites excluding steroid dienone is 1. The van der Waals surface area contributed by atoms with E-state index < -0.39 is 5.54 Å². The molecule has 2 heteroatoms. The van der Waals surface area contributed by atoms with Gasteiger partial charge in [0.05, 0.1) is 5.54 Å². The van der Waals surface area contributed by atoms with Gasteiger partial charge < -0.3 is 0 Å². The van der Waals surface area contributed by atoms with E-state index in [1.165, 1.54) is 18.4 Å². The zero-order valence-corrected chi connectivity index (χ0v) is 12.7. The van der Waals surface area contributed by atoms with Crippen molar-refractivity contribution in [1.82, 2.24) is 0 Å². The fourth-order valence-electron chi connectivity index (χ4n) is 3.18. The molecule has 0 aromatic carbocycles. The van der Waals surface area contributed by atoms with Crippen molar-refractivity contribution in [1.29, 1.82) is 0 Å². The van der Waals surface area contributed by atoms with Crippen molar-refractivity contribution in [2.75, 3.05) is 0 Å². The Morgan fingerprint density at radius 2 is 2.22 bits per heavy atom. The maximum Gasteiger partial charge on any atom is 0.235 e. The minimum atomic E-state index is -0.398. The highest BCUT2D eigenvalue weighted by Crippen LogP contribution is 2.48. The Balaban J connectivity index is 3.06. The Kier molecular flexibility index (Phi) is 4.55. The quantitative estimate of drug-likeness (QED) is 0.409. The lowest BCUT2D eigenvalue weighted by atomic mass is 9.62. The van der Waals surface area contributed by atoms with Crippen LogP contribution in [0.15, 0.2) is 16.6 Å². The smallest absolute Gasteiger partial charge is 0.211 e. The molecule has 0 bridgehead atoms. The van der Waals surface area contributed by atoms with Gasteiger partial charge in [0.25, 0.3) is 0 Å². The molecular formula is C16H27NO. The topological polar surface area (TPSA) is 29.4 Å². The van der Waals surface area contributed by atoms with Gasteiger partial charge in [0.15, 0.2) is 0 Å². The zero-order chi connectivity index (χ0) is 14.0. The van der Waals surface area contributed by atoms with Crippen LogP contribution in [0.2, 0.25) is 0 Å². The van der Waals surface area contributed by atoms with Gasteiger partial charge >= 0.3 is 0 Å². The lowest BCUT2D eigenvalue weighted by molar-refractivity contribution is 0.142. The molecule has 0 aromatic rings. The van der Waals surface area contributed by atoms with Crippen LogP contribution >= 0.6 is 0 Å². The monoisotopic (exact) mass is 249 g/mol. The minimum absolute atomic E-state index is 0.327. The number of rotatable bonds is 4. The van der Waals surface area contributed by atoms with Crippen molar-refractivity contribution in [2.24, 2.45) is 22.2 Å². The van der Waals surface area contributed by atoms with Crippen LogP contribution in [0.4, 0.5) is 0 Å². The van der Waals surface area contributed by atoms with Crippen molar-refractivity contribution in [3.8, 4) is 0 Å². The third-order valence-corrected chi connectivity index (χ3v) is 4.78. The van der Waals surface area contributed by atoms with E-state index in [0.717, 1.165) is 6.42 Å². The normalized spacial score (nSPS) is 30.3. The Hall–Kier alpha value is -0.880. The van der Waals surface area contributed by atoms with Gasteiger partial charge in [-0.2, -0.15) is 4.99 Å². The summed E-state index contributed by atoms with van der Waals surface area (Å²) in [6.07, 6.45) is 7.51. The summed E-state index contributed by atoms with van der Waals surface area (Å²) in [7, 11) is 0. The van der Waals surface area contributed by atoms with Crippen molar-refractivity contribution >= 4 is 6.08 Å². The van der Waals surface area contributed by atoms with E-state index >= 15 is 0 Å². The highest BCUT2D eigenvalue weighted by molar-refractivity contribution is 5.38. The summed E-state index contributed by atoms with van der Waals surface area (Å²) < 4.78 is 0. The first-order chi connectivity index (χ1) is 8.25. The maximum absolute atomic E-state index is 10.6. The first-order valence-electron chi connectivity index (χ1n) is 7.05. The summed E-state index contributed by atoms with van der Waals surface area (Å²) >= 11 is 0. The second kappa shape index (κ2) is 5.40. The minimum Gasteiger partial charge on any atom is -0.211 e. The van der Waals surface area contributed by atoms with Gasteiger partial charge in [-0.1, -0.05) is 40.2 Å². The molecule has 102 valence electrons. The Morgan fingerprint density at radius 1 is 1.61 bits per heavy atom. The Morgan fingerprint density at radius 3 is 2.72 bits per heavy atom. The van der Waals surface area contributed by atoms with Crippen LogP contribution in [0.3, 0.4) is 0 Å². The molecular weight excluding hydrogens is 222 g/mol. The largest absolute Gasteiger partial charge is 0.235 e. The maximum atomic E-state index is 10.6. The number of aliphatic imine (C=N–C) groups is 1. The van der Waals surface area contributed by atoms with E-state index in [-0.39, 0.29) is 0 Å². The van der Waals surface area contributed by atoms with Crippen LogP contribution in [0, 0.1) is 17.3 Å². The van der Waals surface area contributed by atoms with Gasteiger partial charge in [0.2, 0.25) is 6.08 Å².